The van der Waals surface area contributed by atoms with E-state index < -0.39 is 5.91 Å². The van der Waals surface area contributed by atoms with Gasteiger partial charge in [-0.1, -0.05) is 11.2 Å². The van der Waals surface area contributed by atoms with E-state index in [1.54, 1.807) is 19.1 Å². The standard InChI is InChI=1S/C11H12N6O2/c1-6-3-2-4-13-8(6)11(18)15-10-7(5-14-16-10)9(12)17-19/h2-5,19H,1H3,(H2,12,17)(H2,14,15,16,18). The molecule has 0 saturated carbocycles. The molecule has 2 rings (SSSR count). The van der Waals surface area contributed by atoms with Gasteiger partial charge in [-0.05, 0) is 18.6 Å². The lowest BCUT2D eigenvalue weighted by atomic mass is 10.2. The van der Waals surface area contributed by atoms with E-state index in [0.29, 0.717) is 11.3 Å². The normalized spacial score (nSPS) is 11.3. The highest BCUT2D eigenvalue weighted by atomic mass is 16.4. The molecule has 5 N–H and O–H groups in total. The highest BCUT2D eigenvalue weighted by Gasteiger charge is 2.15. The number of oxime groups is 1. The van der Waals surface area contributed by atoms with Crippen LogP contribution in [0, 0.1) is 6.92 Å². The summed E-state index contributed by atoms with van der Waals surface area (Å²) in [6.07, 6.45) is 2.87. The molecule has 1 amide bonds. The van der Waals surface area contributed by atoms with Crippen molar-refractivity contribution in [2.45, 2.75) is 6.92 Å². The maximum Gasteiger partial charge on any atom is 0.275 e. The summed E-state index contributed by atoms with van der Waals surface area (Å²) >= 11 is 0. The van der Waals surface area contributed by atoms with Crippen LogP contribution in [0.2, 0.25) is 0 Å². The van der Waals surface area contributed by atoms with E-state index in [9.17, 15) is 4.79 Å². The summed E-state index contributed by atoms with van der Waals surface area (Å²) < 4.78 is 0. The van der Waals surface area contributed by atoms with Crippen LogP contribution in [0.4, 0.5) is 5.82 Å². The summed E-state index contributed by atoms with van der Waals surface area (Å²) in [5, 5.41) is 20.3. The van der Waals surface area contributed by atoms with E-state index >= 15 is 0 Å². The van der Waals surface area contributed by atoms with Crippen LogP contribution in [0.3, 0.4) is 0 Å². The van der Waals surface area contributed by atoms with E-state index in [2.05, 4.69) is 25.7 Å². The lowest BCUT2D eigenvalue weighted by Gasteiger charge is -2.06. The number of amidine groups is 1. The fraction of sp³-hybridized carbons (Fsp3) is 0.0909. The van der Waals surface area contributed by atoms with Gasteiger partial charge in [0.15, 0.2) is 5.84 Å². The first kappa shape index (κ1) is 12.6. The Morgan fingerprint density at radius 2 is 2.37 bits per heavy atom. The average Bonchev–Trinajstić information content (AvgIpc) is 2.86. The predicted octanol–water partition coefficient (Wildman–Crippen LogP) is 0.460. The van der Waals surface area contributed by atoms with Crippen LogP contribution in [0.15, 0.2) is 29.7 Å². The molecule has 0 unspecified atom stereocenters. The third-order valence-corrected chi connectivity index (χ3v) is 2.49. The number of anilines is 1. The first-order valence-electron chi connectivity index (χ1n) is 5.37. The fourth-order valence-electron chi connectivity index (χ4n) is 1.53. The minimum atomic E-state index is -0.408. The Morgan fingerprint density at radius 3 is 3.05 bits per heavy atom. The Kier molecular flexibility index (Phi) is 3.42. The smallest absolute Gasteiger partial charge is 0.275 e. The number of hydrogen-bond donors (Lipinski definition) is 4. The molecule has 19 heavy (non-hydrogen) atoms. The first-order valence-corrected chi connectivity index (χ1v) is 5.37. The van der Waals surface area contributed by atoms with Gasteiger partial charge in [-0.2, -0.15) is 5.10 Å². The Labute approximate surface area is 108 Å². The molecule has 0 aromatic carbocycles. The average molecular weight is 260 g/mol. The van der Waals surface area contributed by atoms with Crippen molar-refractivity contribution in [3.63, 3.8) is 0 Å². The van der Waals surface area contributed by atoms with Crippen molar-refractivity contribution in [3.8, 4) is 0 Å². The second-order valence-electron chi connectivity index (χ2n) is 3.77. The molecular weight excluding hydrogens is 248 g/mol. The number of carbonyl (C=O) groups excluding carboxylic acids is 1. The summed E-state index contributed by atoms with van der Waals surface area (Å²) in [6, 6.07) is 3.52. The van der Waals surface area contributed by atoms with Crippen LogP contribution >= 0.6 is 0 Å². The van der Waals surface area contributed by atoms with Crippen LogP contribution in [0.25, 0.3) is 0 Å². The summed E-state index contributed by atoms with van der Waals surface area (Å²) in [5.74, 6) is -0.318. The van der Waals surface area contributed by atoms with Gasteiger partial charge in [-0.3, -0.25) is 14.9 Å². The van der Waals surface area contributed by atoms with Crippen LogP contribution in [-0.4, -0.2) is 32.1 Å². The van der Waals surface area contributed by atoms with Crippen molar-refractivity contribution in [2.24, 2.45) is 10.9 Å². The monoisotopic (exact) mass is 260 g/mol. The Bertz CT molecular complexity index is 634. The van der Waals surface area contributed by atoms with Crippen LogP contribution < -0.4 is 11.1 Å². The molecule has 8 nitrogen and oxygen atoms in total. The lowest BCUT2D eigenvalue weighted by Crippen LogP contribution is -2.19. The molecule has 0 radical (unpaired) electrons. The van der Waals surface area contributed by atoms with Crippen LogP contribution in [-0.2, 0) is 0 Å². The number of nitrogens with one attached hydrogen (secondary N) is 2. The van der Waals surface area contributed by atoms with Crippen molar-refractivity contribution in [1.29, 1.82) is 0 Å². The zero-order chi connectivity index (χ0) is 13.8. The Morgan fingerprint density at radius 1 is 1.58 bits per heavy atom. The minimum absolute atomic E-state index is 0.151. The first-order chi connectivity index (χ1) is 9.13. The quantitative estimate of drug-likeness (QED) is 0.276. The molecule has 2 aromatic rings. The number of nitrogens with zero attached hydrogens (tertiary/aromatic N) is 3. The summed E-state index contributed by atoms with van der Waals surface area (Å²) in [6.45, 7) is 1.78. The second-order valence-corrected chi connectivity index (χ2v) is 3.77. The molecule has 0 aliphatic rings. The third kappa shape index (κ3) is 2.51. The number of rotatable bonds is 3. The van der Waals surface area contributed by atoms with Gasteiger partial charge in [0.2, 0.25) is 0 Å². The van der Waals surface area contributed by atoms with Crippen LogP contribution in [0.5, 0.6) is 0 Å². The summed E-state index contributed by atoms with van der Waals surface area (Å²) in [7, 11) is 0. The number of nitrogens with two attached hydrogens (primary N) is 1. The van der Waals surface area contributed by atoms with Crippen molar-refractivity contribution < 1.29 is 10.0 Å². The number of pyridine rings is 1. The van der Waals surface area contributed by atoms with Gasteiger partial charge < -0.3 is 16.3 Å². The molecule has 0 atom stereocenters. The molecule has 0 saturated heterocycles. The van der Waals surface area contributed by atoms with Gasteiger partial charge in [-0.25, -0.2) is 0 Å². The van der Waals surface area contributed by atoms with Crippen molar-refractivity contribution in [1.82, 2.24) is 15.2 Å². The highest BCUT2D eigenvalue weighted by molar-refractivity contribution is 6.08. The van der Waals surface area contributed by atoms with E-state index in [1.165, 1.54) is 12.4 Å². The Balaban J connectivity index is 2.26. The van der Waals surface area contributed by atoms with E-state index in [1.807, 2.05) is 0 Å². The number of aromatic nitrogens is 3. The number of amides is 1. The second kappa shape index (κ2) is 5.17. The van der Waals surface area contributed by atoms with E-state index in [-0.39, 0.29) is 11.7 Å². The largest absolute Gasteiger partial charge is 0.409 e. The molecule has 98 valence electrons. The predicted molar refractivity (Wildman–Crippen MR) is 68.0 cm³/mol. The van der Waals surface area contributed by atoms with Crippen molar-refractivity contribution in [2.75, 3.05) is 5.32 Å². The van der Waals surface area contributed by atoms with Gasteiger partial charge >= 0.3 is 0 Å². The van der Waals surface area contributed by atoms with Gasteiger partial charge in [-0.15, -0.1) is 0 Å². The summed E-state index contributed by atoms with van der Waals surface area (Å²) in [4.78, 5) is 16.0. The SMILES string of the molecule is Cc1cccnc1C(=O)Nc1[nH]ncc1C(N)=NO. The molecule has 0 aliphatic heterocycles. The van der Waals surface area contributed by atoms with Crippen LogP contribution in [0.1, 0.15) is 21.6 Å². The molecule has 0 aliphatic carbocycles. The number of hydrogen-bond acceptors (Lipinski definition) is 5. The number of aryl methyl sites for hydroxylation is 1. The molecule has 2 aromatic heterocycles. The molecular formula is C11H12N6O2. The van der Waals surface area contributed by atoms with E-state index in [0.717, 1.165) is 5.56 Å². The maximum absolute atomic E-state index is 12.0. The topological polar surface area (TPSA) is 129 Å². The molecule has 2 heterocycles. The van der Waals surface area contributed by atoms with Gasteiger partial charge in [0.1, 0.15) is 11.5 Å². The lowest BCUT2D eigenvalue weighted by molar-refractivity contribution is 0.102. The molecule has 0 spiro atoms. The van der Waals surface area contributed by atoms with Gasteiger partial charge in [0, 0.05) is 6.20 Å². The Hall–Kier alpha value is -2.90. The van der Waals surface area contributed by atoms with Gasteiger partial charge in [0.25, 0.3) is 5.91 Å². The number of H-pyrrole nitrogens is 1. The van der Waals surface area contributed by atoms with Crippen molar-refractivity contribution in [3.05, 3.63) is 41.3 Å². The van der Waals surface area contributed by atoms with Gasteiger partial charge in [0.05, 0.1) is 11.8 Å². The van der Waals surface area contributed by atoms with Crippen molar-refractivity contribution >= 4 is 17.6 Å². The third-order valence-electron chi connectivity index (χ3n) is 2.49. The zero-order valence-electron chi connectivity index (χ0n) is 10.1. The minimum Gasteiger partial charge on any atom is -0.409 e. The summed E-state index contributed by atoms with van der Waals surface area (Å²) in [5.41, 5.74) is 6.79. The number of aromatic amines is 1. The fourth-order valence-corrected chi connectivity index (χ4v) is 1.53. The molecule has 0 bridgehead atoms. The highest BCUT2D eigenvalue weighted by Crippen LogP contribution is 2.12. The number of carbonyl (C=O) groups is 1. The van der Waals surface area contributed by atoms with E-state index in [4.69, 9.17) is 10.9 Å². The molecule has 8 heteroatoms. The zero-order valence-corrected chi connectivity index (χ0v) is 10.1. The maximum atomic E-state index is 12.0. The molecule has 0 fully saturated rings.